The van der Waals surface area contributed by atoms with E-state index in [0.29, 0.717) is 12.1 Å². The number of rotatable bonds is 2. The van der Waals surface area contributed by atoms with Crippen LogP contribution in [-0.2, 0) is 9.53 Å². The zero-order valence-corrected chi connectivity index (χ0v) is 7.58. The van der Waals surface area contributed by atoms with Gasteiger partial charge in [0, 0.05) is 6.07 Å². The smallest absolute Gasteiger partial charge is 0.340 e. The van der Waals surface area contributed by atoms with E-state index in [0.717, 1.165) is 13.2 Å². The van der Waals surface area contributed by atoms with Crippen LogP contribution in [0, 0.1) is 11.6 Å². The lowest BCUT2D eigenvalue weighted by Gasteiger charge is -2.02. The van der Waals surface area contributed by atoms with E-state index in [-0.39, 0.29) is 11.3 Å². The van der Waals surface area contributed by atoms with Crippen molar-refractivity contribution in [3.05, 3.63) is 29.3 Å². The highest BCUT2D eigenvalue weighted by molar-refractivity contribution is 5.95. The molecule has 0 radical (unpaired) electrons. The van der Waals surface area contributed by atoms with Gasteiger partial charge in [0.15, 0.2) is 11.6 Å². The van der Waals surface area contributed by atoms with E-state index in [4.69, 9.17) is 0 Å². The average Bonchev–Trinajstić information content (AvgIpc) is 2.22. The summed E-state index contributed by atoms with van der Waals surface area (Å²) in [4.78, 5) is 24.1. The highest BCUT2D eigenvalue weighted by Gasteiger charge is 2.16. The fourth-order valence-corrected chi connectivity index (χ4v) is 0.951. The molecule has 78 valence electrons. The van der Waals surface area contributed by atoms with E-state index >= 15 is 0 Å². The third-order valence-corrected chi connectivity index (χ3v) is 1.61. The number of methoxy groups -OCH3 is 1. The first-order chi connectivity index (χ1) is 7.10. The quantitative estimate of drug-likeness (QED) is 0.427. The standard InChI is InChI=1S/C9H5F2NO3/c1-15-9(14)5-2-6(10)7(11)3-8(5)12-4-13/h2-3H,1H3. The van der Waals surface area contributed by atoms with Crippen molar-refractivity contribution in [1.82, 2.24) is 0 Å². The van der Waals surface area contributed by atoms with Crippen LogP contribution in [0.3, 0.4) is 0 Å². The Kier molecular flexibility index (Phi) is 3.25. The first kappa shape index (κ1) is 11.0. The predicted molar refractivity (Wildman–Crippen MR) is 45.5 cm³/mol. The topological polar surface area (TPSA) is 55.7 Å². The summed E-state index contributed by atoms with van der Waals surface area (Å²) in [5.41, 5.74) is -0.657. The minimum absolute atomic E-state index is 0.323. The lowest BCUT2D eigenvalue weighted by molar-refractivity contribution is 0.0601. The molecule has 0 bridgehead atoms. The zero-order chi connectivity index (χ0) is 11.4. The van der Waals surface area contributed by atoms with Gasteiger partial charge in [-0.2, -0.15) is 4.99 Å². The molecule has 0 spiro atoms. The Labute approximate surface area is 83.2 Å². The van der Waals surface area contributed by atoms with E-state index in [2.05, 4.69) is 9.73 Å². The molecule has 0 aliphatic heterocycles. The Balaban J connectivity index is 3.40. The summed E-state index contributed by atoms with van der Waals surface area (Å²) >= 11 is 0. The molecular weight excluding hydrogens is 208 g/mol. The molecule has 15 heavy (non-hydrogen) atoms. The first-order valence-corrected chi connectivity index (χ1v) is 3.75. The molecule has 0 amide bonds. The molecule has 0 unspecified atom stereocenters. The Morgan fingerprint density at radius 3 is 2.53 bits per heavy atom. The lowest BCUT2D eigenvalue weighted by atomic mass is 10.1. The van der Waals surface area contributed by atoms with Gasteiger partial charge >= 0.3 is 5.97 Å². The third-order valence-electron chi connectivity index (χ3n) is 1.61. The normalized spacial score (nSPS) is 9.27. The van der Waals surface area contributed by atoms with Gasteiger partial charge in [0.1, 0.15) is 0 Å². The number of ether oxygens (including phenoxy) is 1. The van der Waals surface area contributed by atoms with Gasteiger partial charge < -0.3 is 4.74 Å². The summed E-state index contributed by atoms with van der Waals surface area (Å²) in [6.45, 7) is 0. The molecule has 0 heterocycles. The molecule has 4 nitrogen and oxygen atoms in total. The average molecular weight is 213 g/mol. The van der Waals surface area contributed by atoms with Crippen molar-refractivity contribution in [3.63, 3.8) is 0 Å². The summed E-state index contributed by atoms with van der Waals surface area (Å²) in [7, 11) is 1.07. The Hall–Kier alpha value is -2.07. The van der Waals surface area contributed by atoms with Crippen LogP contribution in [0.1, 0.15) is 10.4 Å². The molecule has 0 N–H and O–H groups in total. The van der Waals surface area contributed by atoms with Crippen molar-refractivity contribution in [2.75, 3.05) is 7.11 Å². The van der Waals surface area contributed by atoms with E-state index < -0.39 is 17.6 Å². The molecular formula is C9H5F2NO3. The van der Waals surface area contributed by atoms with E-state index in [1.165, 1.54) is 0 Å². The number of hydrogen-bond donors (Lipinski definition) is 0. The second-order valence-corrected chi connectivity index (χ2v) is 2.48. The van der Waals surface area contributed by atoms with Crippen LogP contribution in [-0.4, -0.2) is 19.2 Å². The van der Waals surface area contributed by atoms with Crippen LogP contribution in [0.2, 0.25) is 0 Å². The van der Waals surface area contributed by atoms with Crippen molar-refractivity contribution < 1.29 is 23.1 Å². The molecule has 0 aromatic heterocycles. The molecule has 0 saturated heterocycles. The lowest BCUT2D eigenvalue weighted by Crippen LogP contribution is -2.03. The molecule has 0 saturated carbocycles. The number of benzene rings is 1. The van der Waals surface area contributed by atoms with Crippen LogP contribution in [0.25, 0.3) is 0 Å². The first-order valence-electron chi connectivity index (χ1n) is 3.75. The minimum atomic E-state index is -1.22. The number of esters is 1. The number of nitrogens with zero attached hydrogens (tertiary/aromatic N) is 1. The second kappa shape index (κ2) is 4.43. The number of carbonyl (C=O) groups excluding carboxylic acids is 2. The molecule has 0 aliphatic carbocycles. The minimum Gasteiger partial charge on any atom is -0.465 e. The van der Waals surface area contributed by atoms with Gasteiger partial charge in [0.25, 0.3) is 0 Å². The highest BCUT2D eigenvalue weighted by Crippen LogP contribution is 2.23. The van der Waals surface area contributed by atoms with Crippen LogP contribution in [0.15, 0.2) is 17.1 Å². The molecule has 0 aliphatic rings. The number of aliphatic imine (C=N–C) groups is 1. The summed E-state index contributed by atoms with van der Waals surface area (Å²) in [5, 5.41) is 0. The van der Waals surface area contributed by atoms with Crippen LogP contribution in [0.4, 0.5) is 14.5 Å². The summed E-state index contributed by atoms with van der Waals surface area (Å²) in [5.74, 6) is -3.35. The SMILES string of the molecule is COC(=O)c1cc(F)c(F)cc1N=C=O. The fourth-order valence-electron chi connectivity index (χ4n) is 0.951. The molecule has 1 aromatic rings. The maximum absolute atomic E-state index is 12.8. The van der Waals surface area contributed by atoms with Gasteiger partial charge in [0.2, 0.25) is 6.08 Å². The maximum atomic E-state index is 12.8. The third kappa shape index (κ3) is 2.24. The monoisotopic (exact) mass is 213 g/mol. The van der Waals surface area contributed by atoms with Crippen molar-refractivity contribution in [2.45, 2.75) is 0 Å². The highest BCUT2D eigenvalue weighted by atomic mass is 19.2. The largest absolute Gasteiger partial charge is 0.465 e. The van der Waals surface area contributed by atoms with Crippen molar-refractivity contribution in [2.24, 2.45) is 4.99 Å². The number of isocyanates is 1. The summed E-state index contributed by atoms with van der Waals surface area (Å²) in [6, 6.07) is 1.23. The maximum Gasteiger partial charge on any atom is 0.340 e. The van der Waals surface area contributed by atoms with Gasteiger partial charge in [-0.05, 0) is 6.07 Å². The van der Waals surface area contributed by atoms with E-state index in [1.807, 2.05) is 0 Å². The van der Waals surface area contributed by atoms with Gasteiger partial charge in [-0.3, -0.25) is 0 Å². The molecule has 6 heteroatoms. The fraction of sp³-hybridized carbons (Fsp3) is 0.111. The molecule has 0 fully saturated rings. The Morgan fingerprint density at radius 1 is 1.40 bits per heavy atom. The van der Waals surface area contributed by atoms with Crippen molar-refractivity contribution in [3.8, 4) is 0 Å². The number of halogens is 2. The van der Waals surface area contributed by atoms with Crippen molar-refractivity contribution in [1.29, 1.82) is 0 Å². The van der Waals surface area contributed by atoms with Gasteiger partial charge in [-0.1, -0.05) is 0 Å². The molecule has 1 aromatic carbocycles. The molecule has 0 atom stereocenters. The Morgan fingerprint density at radius 2 is 2.00 bits per heavy atom. The summed E-state index contributed by atoms with van der Waals surface area (Å²) < 4.78 is 29.8. The predicted octanol–water partition coefficient (Wildman–Crippen LogP) is 1.72. The van der Waals surface area contributed by atoms with Crippen LogP contribution < -0.4 is 0 Å². The molecule has 1 rings (SSSR count). The van der Waals surface area contributed by atoms with Gasteiger partial charge in [0.05, 0.1) is 18.4 Å². The van der Waals surface area contributed by atoms with E-state index in [9.17, 15) is 18.4 Å². The zero-order valence-electron chi connectivity index (χ0n) is 7.58. The summed E-state index contributed by atoms with van der Waals surface area (Å²) in [6.07, 6.45) is 1.13. The van der Waals surface area contributed by atoms with Crippen LogP contribution in [0.5, 0.6) is 0 Å². The van der Waals surface area contributed by atoms with Crippen LogP contribution >= 0.6 is 0 Å². The Bertz CT molecular complexity index is 453. The van der Waals surface area contributed by atoms with E-state index in [1.54, 1.807) is 0 Å². The second-order valence-electron chi connectivity index (χ2n) is 2.48. The number of hydrogen-bond acceptors (Lipinski definition) is 4. The van der Waals surface area contributed by atoms with Gasteiger partial charge in [-0.25, -0.2) is 18.4 Å². The number of carbonyl (C=O) groups is 1. The van der Waals surface area contributed by atoms with Gasteiger partial charge in [-0.15, -0.1) is 0 Å². The van der Waals surface area contributed by atoms with Crippen molar-refractivity contribution >= 4 is 17.7 Å².